The van der Waals surface area contributed by atoms with Crippen LogP contribution >= 0.6 is 0 Å². The third kappa shape index (κ3) is 4.75. The minimum Gasteiger partial charge on any atom is -0.398 e. The molecule has 0 aliphatic rings. The largest absolute Gasteiger partial charge is 0.398 e. The third-order valence-electron chi connectivity index (χ3n) is 2.94. The van der Waals surface area contributed by atoms with Crippen molar-refractivity contribution in [3.63, 3.8) is 0 Å². The number of methoxy groups -OCH3 is 1. The number of nitrogen functional groups attached to an aromatic ring is 1. The second kappa shape index (κ2) is 7.58. The number of anilines is 1. The van der Waals surface area contributed by atoms with Gasteiger partial charge >= 0.3 is 0 Å². The molecule has 0 fully saturated rings. The molecule has 0 heterocycles. The Morgan fingerprint density at radius 2 is 2.15 bits per heavy atom. The van der Waals surface area contributed by atoms with Gasteiger partial charge in [-0.15, -0.1) is 0 Å². The fourth-order valence-electron chi connectivity index (χ4n) is 1.78. The summed E-state index contributed by atoms with van der Waals surface area (Å²) in [6.07, 6.45) is 0.355. The van der Waals surface area contributed by atoms with Crippen molar-refractivity contribution >= 4 is 15.7 Å². The van der Waals surface area contributed by atoms with E-state index in [1.54, 1.807) is 6.07 Å². The molecule has 6 nitrogen and oxygen atoms in total. The zero-order valence-electron chi connectivity index (χ0n) is 11.8. The predicted molar refractivity (Wildman–Crippen MR) is 77.9 cm³/mol. The first-order valence-electron chi connectivity index (χ1n) is 6.45. The molecule has 1 unspecified atom stereocenters. The molecule has 0 spiro atoms. The lowest BCUT2D eigenvalue weighted by atomic mass is 10.1. The monoisotopic (exact) mass is 302 g/mol. The van der Waals surface area contributed by atoms with E-state index in [-0.39, 0.29) is 24.5 Å². The van der Waals surface area contributed by atoms with Gasteiger partial charge in [0.05, 0.1) is 17.6 Å². The minimum absolute atomic E-state index is 0.133. The van der Waals surface area contributed by atoms with Crippen molar-refractivity contribution in [2.24, 2.45) is 0 Å². The summed E-state index contributed by atoms with van der Waals surface area (Å²) in [7, 11) is -2.12. The number of hydrogen-bond donors (Lipinski definition) is 3. The molecule has 0 amide bonds. The van der Waals surface area contributed by atoms with E-state index in [1.165, 1.54) is 19.2 Å². The summed E-state index contributed by atoms with van der Waals surface area (Å²) in [5.74, 6) is 0. The van der Waals surface area contributed by atoms with Crippen LogP contribution in [-0.4, -0.2) is 39.9 Å². The molecule has 7 heteroatoms. The number of hydrogen-bond acceptors (Lipinski definition) is 5. The van der Waals surface area contributed by atoms with Crippen molar-refractivity contribution in [2.45, 2.75) is 30.8 Å². The summed E-state index contributed by atoms with van der Waals surface area (Å²) in [5.41, 5.74) is 7.18. The number of nitrogens with two attached hydrogens (primary N) is 1. The van der Waals surface area contributed by atoms with Crippen LogP contribution in [0.2, 0.25) is 0 Å². The van der Waals surface area contributed by atoms with Gasteiger partial charge in [-0.3, -0.25) is 0 Å². The van der Waals surface area contributed by atoms with Crippen LogP contribution in [0.3, 0.4) is 0 Å². The zero-order chi connectivity index (χ0) is 15.2. The van der Waals surface area contributed by atoms with E-state index >= 15 is 0 Å². The van der Waals surface area contributed by atoms with Gasteiger partial charge in [-0.2, -0.15) is 0 Å². The van der Waals surface area contributed by atoms with Crippen LogP contribution in [0.1, 0.15) is 18.9 Å². The highest BCUT2D eigenvalue weighted by Crippen LogP contribution is 2.18. The second-order valence-electron chi connectivity index (χ2n) is 4.51. The lowest BCUT2D eigenvalue weighted by Crippen LogP contribution is -2.28. The Labute approximate surface area is 120 Å². The average Bonchev–Trinajstić information content (AvgIpc) is 2.38. The maximum Gasteiger partial charge on any atom is 0.240 e. The molecule has 20 heavy (non-hydrogen) atoms. The minimum atomic E-state index is -3.60. The summed E-state index contributed by atoms with van der Waals surface area (Å²) in [4.78, 5) is 0.133. The van der Waals surface area contributed by atoms with Crippen LogP contribution in [-0.2, 0) is 21.2 Å². The van der Waals surface area contributed by atoms with E-state index in [2.05, 4.69) is 4.72 Å². The summed E-state index contributed by atoms with van der Waals surface area (Å²) in [6.45, 7) is 2.28. The number of sulfonamides is 1. The highest BCUT2D eigenvalue weighted by atomic mass is 32.2. The Kier molecular flexibility index (Phi) is 6.41. The van der Waals surface area contributed by atoms with Crippen molar-refractivity contribution in [1.82, 2.24) is 4.72 Å². The molecular weight excluding hydrogens is 280 g/mol. The topological polar surface area (TPSA) is 102 Å². The van der Waals surface area contributed by atoms with Gasteiger partial charge in [-0.05, 0) is 30.5 Å². The summed E-state index contributed by atoms with van der Waals surface area (Å²) in [6, 6.07) is 4.69. The van der Waals surface area contributed by atoms with Crippen molar-refractivity contribution < 1.29 is 18.3 Å². The van der Waals surface area contributed by atoms with Crippen molar-refractivity contribution in [1.29, 1.82) is 0 Å². The van der Waals surface area contributed by atoms with E-state index in [0.717, 1.165) is 12.0 Å². The quantitative estimate of drug-likeness (QED) is 0.607. The van der Waals surface area contributed by atoms with E-state index < -0.39 is 16.1 Å². The molecule has 0 saturated carbocycles. The molecule has 4 N–H and O–H groups in total. The molecule has 1 atom stereocenters. The Balaban J connectivity index is 2.67. The van der Waals surface area contributed by atoms with Gasteiger partial charge in [0.2, 0.25) is 10.0 Å². The molecule has 0 aliphatic carbocycles. The maximum atomic E-state index is 12.0. The first kappa shape index (κ1) is 16.9. The fraction of sp³-hybridized carbons (Fsp3) is 0.538. The molecule has 1 rings (SSSR count). The lowest BCUT2D eigenvalue weighted by molar-refractivity contribution is 0.0603. The average molecular weight is 302 g/mol. The standard InChI is InChI=1S/C13H22N2O4S/c1-3-10-4-5-12(8-13(10)14)20(17,18)15-7-6-11(16)9-19-2/h4-5,8,11,15-16H,3,6-7,9,14H2,1-2H3. The van der Waals surface area contributed by atoms with Crippen molar-refractivity contribution in [3.8, 4) is 0 Å². The van der Waals surface area contributed by atoms with Gasteiger partial charge in [0.15, 0.2) is 0 Å². The number of rotatable bonds is 8. The van der Waals surface area contributed by atoms with Crippen LogP contribution in [0, 0.1) is 0 Å². The number of ether oxygens (including phenoxy) is 1. The van der Waals surface area contributed by atoms with Gasteiger partial charge in [0.25, 0.3) is 0 Å². The van der Waals surface area contributed by atoms with Crippen LogP contribution in [0.4, 0.5) is 5.69 Å². The Bertz CT molecular complexity index is 531. The van der Waals surface area contributed by atoms with Gasteiger partial charge in [-0.1, -0.05) is 13.0 Å². The molecule has 1 aromatic carbocycles. The predicted octanol–water partition coefficient (Wildman–Crippen LogP) is 0.507. The van der Waals surface area contributed by atoms with Crippen molar-refractivity contribution in [3.05, 3.63) is 23.8 Å². The van der Waals surface area contributed by atoms with Crippen LogP contribution < -0.4 is 10.5 Å². The third-order valence-corrected chi connectivity index (χ3v) is 4.40. The molecule has 0 radical (unpaired) electrons. The summed E-state index contributed by atoms with van der Waals surface area (Å²) < 4.78 is 31.3. The van der Waals surface area contributed by atoms with E-state index in [1.807, 2.05) is 6.92 Å². The molecule has 114 valence electrons. The first-order chi connectivity index (χ1) is 9.40. The van der Waals surface area contributed by atoms with E-state index in [0.29, 0.717) is 5.69 Å². The normalized spacial score (nSPS) is 13.3. The number of aliphatic hydroxyl groups excluding tert-OH is 1. The van der Waals surface area contributed by atoms with E-state index in [4.69, 9.17) is 10.5 Å². The number of aliphatic hydroxyl groups is 1. The van der Waals surface area contributed by atoms with Gasteiger partial charge in [0, 0.05) is 19.3 Å². The molecular formula is C13H22N2O4S. The number of nitrogens with one attached hydrogen (secondary N) is 1. The second-order valence-corrected chi connectivity index (χ2v) is 6.28. The first-order valence-corrected chi connectivity index (χ1v) is 7.94. The lowest BCUT2D eigenvalue weighted by Gasteiger charge is -2.11. The molecule has 0 bridgehead atoms. The smallest absolute Gasteiger partial charge is 0.240 e. The van der Waals surface area contributed by atoms with Gasteiger partial charge in [-0.25, -0.2) is 13.1 Å². The Hall–Kier alpha value is -1.15. The summed E-state index contributed by atoms with van der Waals surface area (Å²) >= 11 is 0. The van der Waals surface area contributed by atoms with Crippen LogP contribution in [0.5, 0.6) is 0 Å². The summed E-state index contributed by atoms with van der Waals surface area (Å²) in [5, 5.41) is 9.45. The zero-order valence-corrected chi connectivity index (χ0v) is 12.6. The number of benzene rings is 1. The van der Waals surface area contributed by atoms with Gasteiger partial charge in [0.1, 0.15) is 0 Å². The Morgan fingerprint density at radius 1 is 1.45 bits per heavy atom. The SMILES string of the molecule is CCc1ccc(S(=O)(=O)NCCC(O)COC)cc1N. The van der Waals surface area contributed by atoms with Gasteiger partial charge < -0.3 is 15.6 Å². The van der Waals surface area contributed by atoms with E-state index in [9.17, 15) is 13.5 Å². The van der Waals surface area contributed by atoms with Crippen LogP contribution in [0.25, 0.3) is 0 Å². The van der Waals surface area contributed by atoms with Crippen molar-refractivity contribution in [2.75, 3.05) is 26.0 Å². The highest BCUT2D eigenvalue weighted by Gasteiger charge is 2.15. The molecule has 0 saturated heterocycles. The van der Waals surface area contributed by atoms with Crippen LogP contribution in [0.15, 0.2) is 23.1 Å². The highest BCUT2D eigenvalue weighted by molar-refractivity contribution is 7.89. The maximum absolute atomic E-state index is 12.0. The molecule has 1 aromatic rings. The molecule has 0 aromatic heterocycles. The number of aryl methyl sites for hydroxylation is 1. The fourth-order valence-corrected chi connectivity index (χ4v) is 2.86. The molecule has 0 aliphatic heterocycles. The Morgan fingerprint density at radius 3 is 2.70 bits per heavy atom.